The van der Waals surface area contributed by atoms with Gasteiger partial charge < -0.3 is 5.32 Å². The van der Waals surface area contributed by atoms with Crippen molar-refractivity contribution in [2.75, 3.05) is 5.32 Å². The summed E-state index contributed by atoms with van der Waals surface area (Å²) in [6, 6.07) is 12.4. The van der Waals surface area contributed by atoms with Crippen LogP contribution in [0.2, 0.25) is 0 Å². The van der Waals surface area contributed by atoms with Crippen molar-refractivity contribution in [2.45, 2.75) is 26.2 Å². The average molecular weight is 309 g/mol. The van der Waals surface area contributed by atoms with Crippen LogP contribution in [0.25, 0.3) is 11.3 Å². The Morgan fingerprint density at radius 3 is 2.55 bits per heavy atom. The fourth-order valence-corrected chi connectivity index (χ4v) is 2.91. The van der Waals surface area contributed by atoms with Gasteiger partial charge in [-0.2, -0.15) is 0 Å². The summed E-state index contributed by atoms with van der Waals surface area (Å²) < 4.78 is 0. The monoisotopic (exact) mass is 309 g/mol. The zero-order valence-corrected chi connectivity index (χ0v) is 13.8. The number of nitrogens with zero attached hydrogens (tertiary/aromatic N) is 2. The highest BCUT2D eigenvalue weighted by molar-refractivity contribution is 7.14. The Balaban J connectivity index is 1.81. The molecule has 0 spiro atoms. The van der Waals surface area contributed by atoms with Gasteiger partial charge in [-0.15, -0.1) is 11.3 Å². The summed E-state index contributed by atoms with van der Waals surface area (Å²) in [4.78, 5) is 8.69. The second-order valence-electron chi connectivity index (χ2n) is 6.23. The summed E-state index contributed by atoms with van der Waals surface area (Å²) in [5, 5.41) is 6.36. The lowest BCUT2D eigenvalue weighted by Crippen LogP contribution is -2.10. The number of nitrogens with one attached hydrogen (secondary N) is 1. The van der Waals surface area contributed by atoms with Gasteiger partial charge in [0.25, 0.3) is 0 Å². The van der Waals surface area contributed by atoms with Crippen molar-refractivity contribution >= 4 is 22.2 Å². The molecule has 2 aromatic heterocycles. The van der Waals surface area contributed by atoms with Gasteiger partial charge in [-0.05, 0) is 35.2 Å². The molecule has 3 aromatic rings. The van der Waals surface area contributed by atoms with Crippen molar-refractivity contribution in [3.05, 3.63) is 59.7 Å². The molecule has 0 atom stereocenters. The Bertz CT molecular complexity index is 757. The van der Waals surface area contributed by atoms with E-state index in [9.17, 15) is 0 Å². The lowest BCUT2D eigenvalue weighted by molar-refractivity contribution is 0.590. The van der Waals surface area contributed by atoms with Crippen LogP contribution in [0.1, 0.15) is 26.3 Å². The molecule has 3 rings (SSSR count). The Labute approximate surface area is 135 Å². The van der Waals surface area contributed by atoms with E-state index in [0.717, 1.165) is 22.1 Å². The van der Waals surface area contributed by atoms with Crippen LogP contribution in [0.3, 0.4) is 0 Å². The average Bonchev–Trinajstić information content (AvgIpc) is 2.96. The summed E-state index contributed by atoms with van der Waals surface area (Å²) in [6.45, 7) is 6.66. The van der Waals surface area contributed by atoms with Gasteiger partial charge in [-0.1, -0.05) is 32.9 Å². The van der Waals surface area contributed by atoms with E-state index in [0.29, 0.717) is 0 Å². The second-order valence-corrected chi connectivity index (χ2v) is 7.09. The normalized spacial score (nSPS) is 11.4. The molecule has 0 fully saturated rings. The molecule has 0 bridgehead atoms. The maximum Gasteiger partial charge on any atom is 0.187 e. The second kappa shape index (κ2) is 5.89. The van der Waals surface area contributed by atoms with Crippen LogP contribution >= 0.6 is 11.3 Å². The zero-order valence-electron chi connectivity index (χ0n) is 13.0. The first-order valence-electron chi connectivity index (χ1n) is 7.26. The highest BCUT2D eigenvalue weighted by Gasteiger charge is 2.14. The van der Waals surface area contributed by atoms with Crippen LogP contribution in [0.15, 0.2) is 54.2 Å². The van der Waals surface area contributed by atoms with Crippen molar-refractivity contribution in [3.8, 4) is 11.3 Å². The summed E-state index contributed by atoms with van der Waals surface area (Å²) in [5.74, 6) is 0. The van der Waals surface area contributed by atoms with E-state index in [1.807, 2.05) is 12.1 Å². The number of hydrogen-bond donors (Lipinski definition) is 1. The molecule has 0 unspecified atom stereocenters. The standard InChI is InChI=1S/C18H19N3S/c1-18(2,3)14-5-4-6-15(11-14)20-17-21-16(12-22-17)13-7-9-19-10-8-13/h4-12H,1-3H3,(H,20,21). The van der Waals surface area contributed by atoms with Crippen LogP contribution in [0.4, 0.5) is 10.8 Å². The van der Waals surface area contributed by atoms with Gasteiger partial charge in [0.05, 0.1) is 5.69 Å². The molecule has 112 valence electrons. The van der Waals surface area contributed by atoms with E-state index in [2.05, 4.69) is 65.7 Å². The molecule has 0 aliphatic rings. The molecule has 0 saturated carbocycles. The fraction of sp³-hybridized carbons (Fsp3) is 0.222. The van der Waals surface area contributed by atoms with Crippen LogP contribution in [-0.2, 0) is 5.41 Å². The van der Waals surface area contributed by atoms with Gasteiger partial charge >= 0.3 is 0 Å². The Morgan fingerprint density at radius 1 is 1.05 bits per heavy atom. The van der Waals surface area contributed by atoms with E-state index in [1.54, 1.807) is 23.7 Å². The summed E-state index contributed by atoms with van der Waals surface area (Å²) >= 11 is 1.61. The van der Waals surface area contributed by atoms with Gasteiger partial charge in [0.1, 0.15) is 0 Å². The molecule has 0 amide bonds. The Kier molecular flexibility index (Phi) is 3.94. The minimum Gasteiger partial charge on any atom is -0.332 e. The number of benzene rings is 1. The van der Waals surface area contributed by atoms with Crippen molar-refractivity contribution in [3.63, 3.8) is 0 Å². The topological polar surface area (TPSA) is 37.8 Å². The molecule has 4 heteroatoms. The SMILES string of the molecule is CC(C)(C)c1cccc(Nc2nc(-c3ccncc3)cs2)c1. The van der Waals surface area contributed by atoms with Crippen molar-refractivity contribution in [1.29, 1.82) is 0 Å². The van der Waals surface area contributed by atoms with Crippen LogP contribution in [0, 0.1) is 0 Å². The van der Waals surface area contributed by atoms with Crippen LogP contribution in [0.5, 0.6) is 0 Å². The third kappa shape index (κ3) is 3.34. The lowest BCUT2D eigenvalue weighted by Gasteiger charge is -2.19. The van der Waals surface area contributed by atoms with Gasteiger partial charge in [-0.3, -0.25) is 4.98 Å². The number of hydrogen-bond acceptors (Lipinski definition) is 4. The zero-order chi connectivity index (χ0) is 15.6. The van der Waals surface area contributed by atoms with Crippen molar-refractivity contribution in [2.24, 2.45) is 0 Å². The summed E-state index contributed by atoms with van der Waals surface area (Å²) in [5.41, 5.74) is 4.58. The quantitative estimate of drug-likeness (QED) is 0.718. The maximum atomic E-state index is 4.65. The molecule has 3 nitrogen and oxygen atoms in total. The molecule has 1 N–H and O–H groups in total. The first kappa shape index (κ1) is 14.7. The van der Waals surface area contributed by atoms with E-state index in [1.165, 1.54) is 5.56 Å². The van der Waals surface area contributed by atoms with Gasteiger partial charge in [0.15, 0.2) is 5.13 Å². The molecular formula is C18H19N3S. The first-order chi connectivity index (χ1) is 10.5. The maximum absolute atomic E-state index is 4.65. The van der Waals surface area contributed by atoms with E-state index in [-0.39, 0.29) is 5.41 Å². The Morgan fingerprint density at radius 2 is 1.82 bits per heavy atom. The number of rotatable bonds is 3. The van der Waals surface area contributed by atoms with Crippen LogP contribution in [-0.4, -0.2) is 9.97 Å². The third-order valence-electron chi connectivity index (χ3n) is 3.46. The molecule has 0 radical (unpaired) electrons. The van der Waals surface area contributed by atoms with E-state index >= 15 is 0 Å². The third-order valence-corrected chi connectivity index (χ3v) is 4.22. The van der Waals surface area contributed by atoms with Crippen molar-refractivity contribution in [1.82, 2.24) is 9.97 Å². The molecule has 0 aliphatic heterocycles. The summed E-state index contributed by atoms with van der Waals surface area (Å²) in [6.07, 6.45) is 3.57. The predicted octanol–water partition coefficient (Wildman–Crippen LogP) is 5.25. The van der Waals surface area contributed by atoms with Gasteiger partial charge in [0, 0.05) is 29.0 Å². The molecule has 0 aliphatic carbocycles. The molecule has 22 heavy (non-hydrogen) atoms. The van der Waals surface area contributed by atoms with E-state index in [4.69, 9.17) is 0 Å². The molecular weight excluding hydrogens is 290 g/mol. The fourth-order valence-electron chi connectivity index (χ4n) is 2.17. The van der Waals surface area contributed by atoms with E-state index < -0.39 is 0 Å². The minimum absolute atomic E-state index is 0.142. The number of pyridine rings is 1. The summed E-state index contributed by atoms with van der Waals surface area (Å²) in [7, 11) is 0. The molecule has 0 saturated heterocycles. The lowest BCUT2D eigenvalue weighted by atomic mass is 9.87. The van der Waals surface area contributed by atoms with Crippen molar-refractivity contribution < 1.29 is 0 Å². The Hall–Kier alpha value is -2.20. The number of thiazole rings is 1. The number of aromatic nitrogens is 2. The number of anilines is 2. The molecule has 2 heterocycles. The minimum atomic E-state index is 0.142. The first-order valence-corrected chi connectivity index (χ1v) is 8.14. The smallest absolute Gasteiger partial charge is 0.187 e. The highest BCUT2D eigenvalue weighted by atomic mass is 32.1. The molecule has 1 aromatic carbocycles. The highest BCUT2D eigenvalue weighted by Crippen LogP contribution is 2.29. The largest absolute Gasteiger partial charge is 0.332 e. The van der Waals surface area contributed by atoms with Crippen LogP contribution < -0.4 is 5.32 Å². The van der Waals surface area contributed by atoms with Gasteiger partial charge in [0.2, 0.25) is 0 Å². The predicted molar refractivity (Wildman–Crippen MR) is 93.8 cm³/mol. The van der Waals surface area contributed by atoms with Gasteiger partial charge in [-0.25, -0.2) is 4.98 Å².